The van der Waals surface area contributed by atoms with Gasteiger partial charge in [0.25, 0.3) is 5.91 Å². The molecule has 1 amide bonds. The Morgan fingerprint density at radius 3 is 2.46 bits per heavy atom. The van der Waals surface area contributed by atoms with Gasteiger partial charge in [-0.15, -0.1) is 0 Å². The van der Waals surface area contributed by atoms with Gasteiger partial charge < -0.3 is 10.6 Å². The van der Waals surface area contributed by atoms with Crippen molar-refractivity contribution in [2.24, 2.45) is 0 Å². The number of rotatable bonds is 4. The van der Waals surface area contributed by atoms with Gasteiger partial charge in [0, 0.05) is 16.9 Å². The zero-order chi connectivity index (χ0) is 16.9. The first-order valence-corrected chi connectivity index (χ1v) is 7.79. The number of nitrogens with one attached hydrogen (secondary N) is 2. The number of amides is 1. The second-order valence-electron chi connectivity index (χ2n) is 4.83. The molecule has 3 aromatic rings. The van der Waals surface area contributed by atoms with Gasteiger partial charge in [-0.2, -0.15) is 0 Å². The smallest absolute Gasteiger partial charge is 0.274 e. The summed E-state index contributed by atoms with van der Waals surface area (Å²) in [6.07, 6.45) is 1.51. The molecule has 1 heterocycles. The molecule has 5 nitrogen and oxygen atoms in total. The van der Waals surface area contributed by atoms with Gasteiger partial charge in [-0.25, -0.2) is 9.97 Å². The first-order chi connectivity index (χ1) is 11.6. The van der Waals surface area contributed by atoms with Gasteiger partial charge in [-0.1, -0.05) is 35.3 Å². The van der Waals surface area contributed by atoms with Crippen LogP contribution in [0, 0.1) is 0 Å². The lowest BCUT2D eigenvalue weighted by Crippen LogP contribution is -2.15. The lowest BCUT2D eigenvalue weighted by molar-refractivity contribution is 0.102. The van der Waals surface area contributed by atoms with E-state index < -0.39 is 0 Å². The second kappa shape index (κ2) is 7.29. The predicted octanol–water partition coefficient (Wildman–Crippen LogP) is 4.78. The molecular weight excluding hydrogens is 347 g/mol. The molecule has 120 valence electrons. The number of halogens is 2. The van der Waals surface area contributed by atoms with Gasteiger partial charge in [0.2, 0.25) is 5.95 Å². The maximum absolute atomic E-state index is 12.3. The zero-order valence-electron chi connectivity index (χ0n) is 12.3. The van der Waals surface area contributed by atoms with Crippen LogP contribution >= 0.6 is 23.2 Å². The average Bonchev–Trinajstić information content (AvgIpc) is 2.59. The monoisotopic (exact) mass is 358 g/mol. The van der Waals surface area contributed by atoms with Crippen molar-refractivity contribution < 1.29 is 4.79 Å². The van der Waals surface area contributed by atoms with Crippen LogP contribution in [0.3, 0.4) is 0 Å². The number of carbonyl (C=O) groups is 1. The first-order valence-electron chi connectivity index (χ1n) is 7.03. The summed E-state index contributed by atoms with van der Waals surface area (Å²) >= 11 is 11.9. The number of hydrogen-bond acceptors (Lipinski definition) is 4. The number of anilines is 3. The second-order valence-corrected chi connectivity index (χ2v) is 5.67. The lowest BCUT2D eigenvalue weighted by Gasteiger charge is -2.08. The Hall–Kier alpha value is -2.63. The van der Waals surface area contributed by atoms with Crippen LogP contribution < -0.4 is 10.6 Å². The fourth-order valence-corrected chi connectivity index (χ4v) is 2.27. The van der Waals surface area contributed by atoms with Crippen molar-refractivity contribution in [1.29, 1.82) is 0 Å². The van der Waals surface area contributed by atoms with E-state index in [0.29, 0.717) is 21.7 Å². The quantitative estimate of drug-likeness (QED) is 0.704. The fraction of sp³-hybridized carbons (Fsp3) is 0. The van der Waals surface area contributed by atoms with E-state index in [2.05, 4.69) is 20.6 Å². The van der Waals surface area contributed by atoms with Gasteiger partial charge in [-0.05, 0) is 42.5 Å². The van der Waals surface area contributed by atoms with Gasteiger partial charge in [0.05, 0.1) is 10.7 Å². The minimum Gasteiger partial charge on any atom is -0.324 e. The zero-order valence-corrected chi connectivity index (χ0v) is 13.8. The topological polar surface area (TPSA) is 66.9 Å². The Bertz CT molecular complexity index is 868. The van der Waals surface area contributed by atoms with Crippen molar-refractivity contribution in [2.75, 3.05) is 10.6 Å². The van der Waals surface area contributed by atoms with Crippen LogP contribution in [0.2, 0.25) is 10.0 Å². The van der Waals surface area contributed by atoms with Crippen molar-refractivity contribution in [3.05, 3.63) is 76.5 Å². The molecule has 1 aromatic heterocycles. The summed E-state index contributed by atoms with van der Waals surface area (Å²) in [6.45, 7) is 0. The van der Waals surface area contributed by atoms with Crippen LogP contribution in [0.15, 0.2) is 60.8 Å². The number of aromatic nitrogens is 2. The predicted molar refractivity (Wildman–Crippen MR) is 96.2 cm³/mol. The van der Waals surface area contributed by atoms with Gasteiger partial charge in [-0.3, -0.25) is 4.79 Å². The molecule has 0 aliphatic heterocycles. The summed E-state index contributed by atoms with van der Waals surface area (Å²) in [5, 5.41) is 6.82. The minimum atomic E-state index is -0.371. The van der Waals surface area contributed by atoms with Crippen LogP contribution in [0.1, 0.15) is 10.5 Å². The van der Waals surface area contributed by atoms with Gasteiger partial charge in [0.15, 0.2) is 0 Å². The molecular formula is C17H12Cl2N4O. The Morgan fingerprint density at radius 2 is 1.71 bits per heavy atom. The SMILES string of the molecule is O=C(Nc1ccccc1Cl)c1ccnc(Nc2ccc(Cl)cc2)n1. The number of benzene rings is 2. The third-order valence-electron chi connectivity index (χ3n) is 3.11. The van der Waals surface area contributed by atoms with Crippen LogP contribution in [0.5, 0.6) is 0 Å². The third kappa shape index (κ3) is 4.01. The van der Waals surface area contributed by atoms with Crippen molar-refractivity contribution >= 4 is 46.4 Å². The van der Waals surface area contributed by atoms with E-state index >= 15 is 0 Å². The van der Waals surface area contributed by atoms with E-state index in [1.807, 2.05) is 0 Å². The fourth-order valence-electron chi connectivity index (χ4n) is 1.96. The molecule has 0 atom stereocenters. The molecule has 0 aliphatic carbocycles. The molecule has 0 saturated carbocycles. The molecule has 0 saturated heterocycles. The van der Waals surface area contributed by atoms with Crippen LogP contribution in [-0.2, 0) is 0 Å². The first kappa shape index (κ1) is 16.2. The van der Waals surface area contributed by atoms with Crippen LogP contribution in [-0.4, -0.2) is 15.9 Å². The third-order valence-corrected chi connectivity index (χ3v) is 3.69. The number of hydrogen-bond donors (Lipinski definition) is 2. The van der Waals surface area contributed by atoms with Gasteiger partial charge in [0.1, 0.15) is 5.69 Å². The molecule has 0 radical (unpaired) electrons. The van der Waals surface area contributed by atoms with Crippen molar-refractivity contribution in [2.45, 2.75) is 0 Å². The Kier molecular flexibility index (Phi) is 4.93. The van der Waals surface area contributed by atoms with E-state index in [1.54, 1.807) is 48.5 Å². The van der Waals surface area contributed by atoms with E-state index in [-0.39, 0.29) is 11.6 Å². The van der Waals surface area contributed by atoms with E-state index in [9.17, 15) is 4.79 Å². The summed E-state index contributed by atoms with van der Waals surface area (Å²) in [5.74, 6) is -0.0613. The Labute approximate surface area is 148 Å². The number of nitrogens with zero attached hydrogens (tertiary/aromatic N) is 2. The van der Waals surface area contributed by atoms with Crippen molar-refractivity contribution in [3.63, 3.8) is 0 Å². The highest BCUT2D eigenvalue weighted by Crippen LogP contribution is 2.21. The molecule has 0 aliphatic rings. The molecule has 0 spiro atoms. The Morgan fingerprint density at radius 1 is 0.958 bits per heavy atom. The van der Waals surface area contributed by atoms with Crippen molar-refractivity contribution in [3.8, 4) is 0 Å². The highest BCUT2D eigenvalue weighted by atomic mass is 35.5. The van der Waals surface area contributed by atoms with E-state index in [0.717, 1.165) is 5.69 Å². The number of carbonyl (C=O) groups excluding carboxylic acids is 1. The molecule has 24 heavy (non-hydrogen) atoms. The molecule has 0 unspecified atom stereocenters. The van der Waals surface area contributed by atoms with E-state index in [4.69, 9.17) is 23.2 Å². The largest absolute Gasteiger partial charge is 0.324 e. The standard InChI is InChI=1S/C17H12Cl2N4O/c18-11-5-7-12(8-6-11)21-17-20-10-9-15(23-17)16(24)22-14-4-2-1-3-13(14)19/h1-10H,(H,22,24)(H,20,21,23). The average molecular weight is 359 g/mol. The van der Waals surface area contributed by atoms with Crippen molar-refractivity contribution in [1.82, 2.24) is 9.97 Å². The minimum absolute atomic E-state index is 0.224. The van der Waals surface area contributed by atoms with Gasteiger partial charge >= 0.3 is 0 Å². The summed E-state index contributed by atoms with van der Waals surface area (Å²) in [4.78, 5) is 20.6. The van der Waals surface area contributed by atoms with E-state index in [1.165, 1.54) is 12.3 Å². The molecule has 7 heteroatoms. The molecule has 2 aromatic carbocycles. The Balaban J connectivity index is 1.76. The molecule has 0 fully saturated rings. The summed E-state index contributed by atoms with van der Waals surface area (Å²) in [6, 6.07) is 15.6. The van der Waals surface area contributed by atoms with Crippen LogP contribution in [0.4, 0.5) is 17.3 Å². The summed E-state index contributed by atoms with van der Waals surface area (Å²) < 4.78 is 0. The molecule has 2 N–H and O–H groups in total. The highest BCUT2D eigenvalue weighted by molar-refractivity contribution is 6.33. The number of para-hydroxylation sites is 1. The molecule has 3 rings (SSSR count). The lowest BCUT2D eigenvalue weighted by atomic mass is 10.3. The summed E-state index contributed by atoms with van der Waals surface area (Å²) in [7, 11) is 0. The molecule has 0 bridgehead atoms. The highest BCUT2D eigenvalue weighted by Gasteiger charge is 2.11. The summed E-state index contributed by atoms with van der Waals surface area (Å²) in [5.41, 5.74) is 1.51. The maximum Gasteiger partial charge on any atom is 0.274 e. The van der Waals surface area contributed by atoms with Crippen LogP contribution in [0.25, 0.3) is 0 Å². The normalized spacial score (nSPS) is 10.2. The maximum atomic E-state index is 12.3.